The Morgan fingerprint density at radius 3 is 2.69 bits per heavy atom. The van der Waals surface area contributed by atoms with Crippen LogP contribution in [0.3, 0.4) is 0 Å². The third-order valence-electron chi connectivity index (χ3n) is 5.69. The van der Waals surface area contributed by atoms with Crippen molar-refractivity contribution in [1.82, 2.24) is 14.9 Å². The molecule has 190 valence electrons. The van der Waals surface area contributed by atoms with Gasteiger partial charge in [-0.3, -0.25) is 14.2 Å². The number of thiophene rings is 1. The highest BCUT2D eigenvalue weighted by molar-refractivity contribution is 7.99. The molecule has 0 spiro atoms. The average molecular weight is 528 g/mol. The van der Waals surface area contributed by atoms with Crippen LogP contribution >= 0.6 is 23.1 Å². The lowest BCUT2D eigenvalue weighted by Gasteiger charge is -2.12. The number of amides is 1. The van der Waals surface area contributed by atoms with Gasteiger partial charge in [-0.15, -0.1) is 11.3 Å². The molecule has 0 bridgehead atoms. The van der Waals surface area contributed by atoms with E-state index < -0.39 is 0 Å². The SMILES string of the molecule is COCCCn1c(SCC(=O)NCCc2ccc(OC)c(OC)c2)nc2c(sc3ccccc32)c1=O. The van der Waals surface area contributed by atoms with Crippen LogP contribution in [0, 0.1) is 0 Å². The van der Waals surface area contributed by atoms with Gasteiger partial charge >= 0.3 is 0 Å². The highest BCUT2D eigenvalue weighted by atomic mass is 32.2. The molecular formula is C26H29N3O5S2. The van der Waals surface area contributed by atoms with Crippen molar-refractivity contribution in [2.75, 3.05) is 40.2 Å². The molecular weight excluding hydrogens is 498 g/mol. The van der Waals surface area contributed by atoms with E-state index in [4.69, 9.17) is 19.2 Å². The molecule has 1 N–H and O–H groups in total. The van der Waals surface area contributed by atoms with Crippen molar-refractivity contribution in [3.8, 4) is 11.5 Å². The summed E-state index contributed by atoms with van der Waals surface area (Å²) in [6.45, 7) is 1.50. The second kappa shape index (κ2) is 12.2. The van der Waals surface area contributed by atoms with Gasteiger partial charge in [-0.2, -0.15) is 0 Å². The first-order valence-corrected chi connectivity index (χ1v) is 13.4. The van der Waals surface area contributed by atoms with Gasteiger partial charge in [-0.1, -0.05) is 36.0 Å². The summed E-state index contributed by atoms with van der Waals surface area (Å²) in [5.41, 5.74) is 1.65. The monoisotopic (exact) mass is 527 g/mol. The molecule has 10 heteroatoms. The van der Waals surface area contributed by atoms with E-state index in [0.717, 1.165) is 15.6 Å². The van der Waals surface area contributed by atoms with Crippen LogP contribution in [0.15, 0.2) is 52.4 Å². The minimum atomic E-state index is -0.117. The quantitative estimate of drug-likeness (QED) is 0.168. The zero-order chi connectivity index (χ0) is 25.5. The lowest BCUT2D eigenvalue weighted by molar-refractivity contribution is -0.118. The fourth-order valence-corrected chi connectivity index (χ4v) is 5.83. The average Bonchev–Trinajstić information content (AvgIpc) is 3.27. The van der Waals surface area contributed by atoms with Crippen LogP contribution in [0.5, 0.6) is 11.5 Å². The summed E-state index contributed by atoms with van der Waals surface area (Å²) in [4.78, 5) is 30.8. The third-order valence-corrected chi connectivity index (χ3v) is 7.82. The largest absolute Gasteiger partial charge is 0.493 e. The maximum Gasteiger partial charge on any atom is 0.272 e. The van der Waals surface area contributed by atoms with Gasteiger partial charge in [-0.25, -0.2) is 4.98 Å². The van der Waals surface area contributed by atoms with Crippen molar-refractivity contribution in [2.45, 2.75) is 24.5 Å². The predicted octanol–water partition coefficient (Wildman–Crippen LogP) is 4.12. The molecule has 0 radical (unpaired) electrons. The molecule has 0 aliphatic carbocycles. The summed E-state index contributed by atoms with van der Waals surface area (Å²) in [5, 5.41) is 4.45. The second-order valence-corrected chi connectivity index (χ2v) is 10.0. The normalized spacial score (nSPS) is 11.2. The number of nitrogens with zero attached hydrogens (tertiary/aromatic N) is 2. The van der Waals surface area contributed by atoms with Crippen LogP contribution in [0.25, 0.3) is 20.3 Å². The number of carbonyl (C=O) groups is 1. The summed E-state index contributed by atoms with van der Waals surface area (Å²) in [6, 6.07) is 13.6. The molecule has 8 nitrogen and oxygen atoms in total. The number of nitrogens with one attached hydrogen (secondary N) is 1. The number of rotatable bonds is 12. The molecule has 1 amide bonds. The minimum Gasteiger partial charge on any atom is -0.493 e. The Balaban J connectivity index is 1.45. The van der Waals surface area contributed by atoms with Crippen LogP contribution in [0.4, 0.5) is 0 Å². The number of thioether (sulfide) groups is 1. The molecule has 0 aliphatic rings. The van der Waals surface area contributed by atoms with E-state index in [9.17, 15) is 9.59 Å². The number of hydrogen-bond acceptors (Lipinski definition) is 8. The highest BCUT2D eigenvalue weighted by Crippen LogP contribution is 2.32. The van der Waals surface area contributed by atoms with E-state index in [2.05, 4.69) is 5.32 Å². The fourth-order valence-electron chi connectivity index (χ4n) is 3.89. The smallest absolute Gasteiger partial charge is 0.272 e. The van der Waals surface area contributed by atoms with Crippen LogP contribution in [-0.4, -0.2) is 55.7 Å². The van der Waals surface area contributed by atoms with E-state index in [1.807, 2.05) is 42.5 Å². The predicted molar refractivity (Wildman–Crippen MR) is 145 cm³/mol. The summed E-state index contributed by atoms with van der Waals surface area (Å²) in [7, 11) is 4.83. The molecule has 2 heterocycles. The van der Waals surface area contributed by atoms with Crippen molar-refractivity contribution in [1.29, 1.82) is 0 Å². The van der Waals surface area contributed by atoms with Gasteiger partial charge < -0.3 is 19.5 Å². The number of hydrogen-bond donors (Lipinski definition) is 1. The molecule has 0 aliphatic heterocycles. The van der Waals surface area contributed by atoms with E-state index >= 15 is 0 Å². The zero-order valence-electron chi connectivity index (χ0n) is 20.5. The first-order chi connectivity index (χ1) is 17.5. The first kappa shape index (κ1) is 26.0. The van der Waals surface area contributed by atoms with Crippen LogP contribution in [0.2, 0.25) is 0 Å². The van der Waals surface area contributed by atoms with E-state index in [1.54, 1.807) is 25.9 Å². The summed E-state index contributed by atoms with van der Waals surface area (Å²) >= 11 is 2.73. The number of ether oxygens (including phenoxy) is 3. The molecule has 0 saturated carbocycles. The first-order valence-electron chi connectivity index (χ1n) is 11.6. The third kappa shape index (κ3) is 5.83. The Morgan fingerprint density at radius 2 is 1.92 bits per heavy atom. The van der Waals surface area contributed by atoms with Crippen LogP contribution in [-0.2, 0) is 22.5 Å². The molecule has 4 aromatic rings. The van der Waals surface area contributed by atoms with Crippen molar-refractivity contribution in [2.24, 2.45) is 0 Å². The Kier molecular flexibility index (Phi) is 8.84. The van der Waals surface area contributed by atoms with E-state index in [0.29, 0.717) is 59.4 Å². The summed E-state index contributed by atoms with van der Waals surface area (Å²) < 4.78 is 19.1. The van der Waals surface area contributed by atoms with Gasteiger partial charge in [0.15, 0.2) is 16.7 Å². The second-order valence-electron chi connectivity index (χ2n) is 8.05. The van der Waals surface area contributed by atoms with Gasteiger partial charge in [-0.05, 0) is 36.6 Å². The number of fused-ring (bicyclic) bond motifs is 3. The molecule has 0 unspecified atom stereocenters. The Bertz CT molecular complexity index is 1420. The zero-order valence-corrected chi connectivity index (χ0v) is 22.2. The highest BCUT2D eigenvalue weighted by Gasteiger charge is 2.17. The van der Waals surface area contributed by atoms with Gasteiger partial charge in [0.2, 0.25) is 5.91 Å². The van der Waals surface area contributed by atoms with Crippen molar-refractivity contribution in [3.05, 3.63) is 58.4 Å². The topological polar surface area (TPSA) is 91.7 Å². The van der Waals surface area contributed by atoms with Gasteiger partial charge in [0.1, 0.15) is 4.70 Å². The van der Waals surface area contributed by atoms with Gasteiger partial charge in [0.25, 0.3) is 5.56 Å². The lowest BCUT2D eigenvalue weighted by Crippen LogP contribution is -2.28. The van der Waals surface area contributed by atoms with Crippen molar-refractivity contribution < 1.29 is 19.0 Å². The Labute approximate surface area is 217 Å². The Hall–Kier alpha value is -3.08. The summed E-state index contributed by atoms with van der Waals surface area (Å²) in [5.74, 6) is 1.37. The van der Waals surface area contributed by atoms with Gasteiger partial charge in [0.05, 0.1) is 25.5 Å². The van der Waals surface area contributed by atoms with E-state index in [-0.39, 0.29) is 17.2 Å². The minimum absolute atomic E-state index is 0.0753. The van der Waals surface area contributed by atoms with E-state index in [1.165, 1.54) is 23.1 Å². The maximum atomic E-state index is 13.3. The molecule has 4 rings (SSSR count). The van der Waals surface area contributed by atoms with Crippen molar-refractivity contribution in [3.63, 3.8) is 0 Å². The molecule has 0 atom stereocenters. The molecule has 36 heavy (non-hydrogen) atoms. The number of aromatic nitrogens is 2. The van der Waals surface area contributed by atoms with Crippen LogP contribution < -0.4 is 20.3 Å². The number of methoxy groups -OCH3 is 3. The Morgan fingerprint density at radius 1 is 1.11 bits per heavy atom. The lowest BCUT2D eigenvalue weighted by atomic mass is 10.1. The van der Waals surface area contributed by atoms with Crippen LogP contribution in [0.1, 0.15) is 12.0 Å². The molecule has 2 aromatic carbocycles. The molecule has 0 saturated heterocycles. The molecule has 2 aromatic heterocycles. The number of carbonyl (C=O) groups excluding carboxylic acids is 1. The number of benzene rings is 2. The maximum absolute atomic E-state index is 13.3. The fraction of sp³-hybridized carbons (Fsp3) is 0.346. The standard InChI is InChI=1S/C26H29N3O5S2/c1-32-14-6-13-29-25(31)24-23(18-7-4-5-8-21(18)36-24)28-26(29)35-16-22(30)27-12-11-17-9-10-19(33-2)20(15-17)34-3/h4-5,7-10,15H,6,11-14,16H2,1-3H3,(H,27,30). The van der Waals surface area contributed by atoms with Crippen molar-refractivity contribution >= 4 is 49.3 Å². The molecule has 0 fully saturated rings. The van der Waals surface area contributed by atoms with Gasteiger partial charge in [0, 0.05) is 36.9 Å². The summed E-state index contributed by atoms with van der Waals surface area (Å²) in [6.07, 6.45) is 1.34.